The van der Waals surface area contributed by atoms with Crippen molar-refractivity contribution in [1.82, 2.24) is 9.62 Å². The van der Waals surface area contributed by atoms with E-state index in [1.165, 1.54) is 17.0 Å². The Hall–Kier alpha value is -2.20. The van der Waals surface area contributed by atoms with Crippen LogP contribution in [-0.4, -0.2) is 48.6 Å². The van der Waals surface area contributed by atoms with Gasteiger partial charge in [0.15, 0.2) is 0 Å². The predicted molar refractivity (Wildman–Crippen MR) is 76.0 cm³/mol. The fraction of sp³-hybridized carbons (Fsp3) is 0.417. The van der Waals surface area contributed by atoms with E-state index in [2.05, 4.69) is 4.72 Å². The lowest BCUT2D eigenvalue weighted by Gasteiger charge is -2.30. The highest BCUT2D eigenvalue weighted by Gasteiger charge is 2.26. The number of hydrogen-bond acceptors (Lipinski definition) is 5. The molecule has 1 heterocycles. The average molecular weight is 329 g/mol. The normalized spacial score (nSPS) is 16.5. The van der Waals surface area contributed by atoms with Gasteiger partial charge in [-0.3, -0.25) is 10.1 Å². The third-order valence-electron chi connectivity index (χ3n) is 3.45. The predicted octanol–water partition coefficient (Wildman–Crippen LogP) is 1.02. The topological polar surface area (TPSA) is 130 Å². The maximum Gasteiger partial charge on any atom is 0.407 e. The van der Waals surface area contributed by atoms with Gasteiger partial charge in [0.25, 0.3) is 5.69 Å². The number of nitrogens with one attached hydrogen (secondary N) is 1. The van der Waals surface area contributed by atoms with Crippen molar-refractivity contribution in [2.24, 2.45) is 0 Å². The highest BCUT2D eigenvalue weighted by atomic mass is 32.2. The number of nitro groups is 1. The molecule has 0 aromatic heterocycles. The number of piperidine rings is 1. The van der Waals surface area contributed by atoms with E-state index in [1.54, 1.807) is 0 Å². The average Bonchev–Trinajstić information content (AvgIpc) is 2.47. The minimum Gasteiger partial charge on any atom is -0.465 e. The zero-order chi connectivity index (χ0) is 16.3. The molecule has 1 aromatic carbocycles. The van der Waals surface area contributed by atoms with Crippen LogP contribution in [0.4, 0.5) is 10.5 Å². The summed E-state index contributed by atoms with van der Waals surface area (Å²) >= 11 is 0. The third-order valence-corrected chi connectivity index (χ3v) is 4.98. The number of rotatable bonds is 4. The van der Waals surface area contributed by atoms with Gasteiger partial charge >= 0.3 is 6.09 Å². The molecule has 0 spiro atoms. The standard InChI is InChI=1S/C12H15N3O6S/c16-12(17)14-7-5-9(6-8-14)13-22(20,21)11-3-1-10(2-4-11)15(18)19/h1-4,9,13H,5-8H2,(H,16,17). The molecule has 0 aliphatic carbocycles. The van der Waals surface area contributed by atoms with Gasteiger partial charge in [-0.2, -0.15) is 0 Å². The van der Waals surface area contributed by atoms with Crippen LogP contribution in [0, 0.1) is 10.1 Å². The van der Waals surface area contributed by atoms with Crippen LogP contribution in [0.15, 0.2) is 29.2 Å². The van der Waals surface area contributed by atoms with Gasteiger partial charge in [0.05, 0.1) is 9.82 Å². The minimum absolute atomic E-state index is 0.0567. The Morgan fingerprint density at radius 1 is 1.27 bits per heavy atom. The molecule has 2 N–H and O–H groups in total. The van der Waals surface area contributed by atoms with E-state index in [-0.39, 0.29) is 29.7 Å². The van der Waals surface area contributed by atoms with E-state index in [9.17, 15) is 23.3 Å². The van der Waals surface area contributed by atoms with Crippen LogP contribution >= 0.6 is 0 Å². The van der Waals surface area contributed by atoms with E-state index in [1.807, 2.05) is 0 Å². The number of carboxylic acid groups (broad SMARTS) is 1. The van der Waals surface area contributed by atoms with Crippen LogP contribution in [-0.2, 0) is 10.0 Å². The molecule has 10 heteroatoms. The fourth-order valence-electron chi connectivity index (χ4n) is 2.22. The second-order valence-corrected chi connectivity index (χ2v) is 6.63. The number of sulfonamides is 1. The maximum atomic E-state index is 12.2. The lowest BCUT2D eigenvalue weighted by atomic mass is 10.1. The summed E-state index contributed by atoms with van der Waals surface area (Å²) in [4.78, 5) is 21.9. The molecule has 0 saturated carbocycles. The molecule has 9 nitrogen and oxygen atoms in total. The number of likely N-dealkylation sites (tertiary alicyclic amines) is 1. The van der Waals surface area contributed by atoms with E-state index < -0.39 is 21.0 Å². The molecule has 0 atom stereocenters. The highest BCUT2D eigenvalue weighted by molar-refractivity contribution is 7.89. The first kappa shape index (κ1) is 16.2. The van der Waals surface area contributed by atoms with Gasteiger partial charge in [-0.05, 0) is 25.0 Å². The van der Waals surface area contributed by atoms with E-state index in [0.717, 1.165) is 12.1 Å². The van der Waals surface area contributed by atoms with Crippen LogP contribution in [0.3, 0.4) is 0 Å². The zero-order valence-corrected chi connectivity index (χ0v) is 12.3. The van der Waals surface area contributed by atoms with E-state index >= 15 is 0 Å². The minimum atomic E-state index is -3.78. The Kier molecular flexibility index (Phi) is 4.62. The first-order chi connectivity index (χ1) is 10.3. The molecular weight excluding hydrogens is 314 g/mol. The number of non-ortho nitro benzene ring substituents is 1. The van der Waals surface area contributed by atoms with Gasteiger partial charge in [-0.15, -0.1) is 0 Å². The van der Waals surface area contributed by atoms with Crippen molar-refractivity contribution in [1.29, 1.82) is 0 Å². The van der Waals surface area contributed by atoms with Gasteiger partial charge in [-0.1, -0.05) is 0 Å². The van der Waals surface area contributed by atoms with Gasteiger partial charge in [-0.25, -0.2) is 17.9 Å². The summed E-state index contributed by atoms with van der Waals surface area (Å²) in [6.07, 6.45) is -0.242. The molecule has 0 bridgehead atoms. The van der Waals surface area contributed by atoms with Crippen LogP contribution in [0.1, 0.15) is 12.8 Å². The fourth-order valence-corrected chi connectivity index (χ4v) is 3.53. The zero-order valence-electron chi connectivity index (χ0n) is 11.5. The molecule has 2 rings (SSSR count). The van der Waals surface area contributed by atoms with Crippen molar-refractivity contribution in [3.8, 4) is 0 Å². The molecule has 22 heavy (non-hydrogen) atoms. The molecule has 1 fully saturated rings. The first-order valence-electron chi connectivity index (χ1n) is 6.54. The second kappa shape index (κ2) is 6.28. The SMILES string of the molecule is O=C(O)N1CCC(NS(=O)(=O)c2ccc([N+](=O)[O-])cc2)CC1. The van der Waals surface area contributed by atoms with Crippen LogP contribution in [0.5, 0.6) is 0 Å². The smallest absolute Gasteiger partial charge is 0.407 e. The summed E-state index contributed by atoms with van der Waals surface area (Å²) in [7, 11) is -3.78. The quantitative estimate of drug-likeness (QED) is 0.626. The molecular formula is C12H15N3O6S. The Labute approximate surface area is 126 Å². The molecule has 1 saturated heterocycles. The summed E-state index contributed by atoms with van der Waals surface area (Å²) < 4.78 is 26.9. The van der Waals surface area contributed by atoms with Crippen LogP contribution in [0.2, 0.25) is 0 Å². The Morgan fingerprint density at radius 2 is 1.82 bits per heavy atom. The van der Waals surface area contributed by atoms with Crippen LogP contribution < -0.4 is 4.72 Å². The van der Waals surface area contributed by atoms with E-state index in [0.29, 0.717) is 12.8 Å². The van der Waals surface area contributed by atoms with Crippen molar-refractivity contribution in [3.05, 3.63) is 34.4 Å². The maximum absolute atomic E-state index is 12.2. The number of hydrogen-bond donors (Lipinski definition) is 2. The van der Waals surface area contributed by atoms with Crippen molar-refractivity contribution in [2.45, 2.75) is 23.8 Å². The summed E-state index contributed by atoms with van der Waals surface area (Å²) in [6, 6.07) is 4.25. The number of nitrogens with zero attached hydrogens (tertiary/aromatic N) is 2. The Balaban J connectivity index is 2.02. The largest absolute Gasteiger partial charge is 0.465 e. The lowest BCUT2D eigenvalue weighted by molar-refractivity contribution is -0.384. The van der Waals surface area contributed by atoms with Crippen molar-refractivity contribution < 1.29 is 23.2 Å². The second-order valence-electron chi connectivity index (χ2n) is 4.92. The lowest BCUT2D eigenvalue weighted by Crippen LogP contribution is -2.46. The van der Waals surface area contributed by atoms with Gasteiger partial charge in [0, 0.05) is 31.3 Å². The van der Waals surface area contributed by atoms with Crippen molar-refractivity contribution in [2.75, 3.05) is 13.1 Å². The number of benzene rings is 1. The highest BCUT2D eigenvalue weighted by Crippen LogP contribution is 2.18. The number of amides is 1. The summed E-state index contributed by atoms with van der Waals surface area (Å²) in [6.45, 7) is 0.533. The molecule has 1 aliphatic rings. The third kappa shape index (κ3) is 3.71. The van der Waals surface area contributed by atoms with Gasteiger partial charge < -0.3 is 10.0 Å². The monoisotopic (exact) mass is 329 g/mol. The molecule has 120 valence electrons. The molecule has 1 aliphatic heterocycles. The summed E-state index contributed by atoms with van der Waals surface area (Å²) in [5.41, 5.74) is -0.186. The van der Waals surface area contributed by atoms with Crippen molar-refractivity contribution >= 4 is 21.8 Å². The van der Waals surface area contributed by atoms with Gasteiger partial charge in [0.2, 0.25) is 10.0 Å². The molecule has 1 amide bonds. The van der Waals surface area contributed by atoms with Crippen LogP contribution in [0.25, 0.3) is 0 Å². The molecule has 0 radical (unpaired) electrons. The molecule has 0 unspecified atom stereocenters. The summed E-state index contributed by atoms with van der Waals surface area (Å²) in [5, 5.41) is 19.4. The molecule has 1 aromatic rings. The summed E-state index contributed by atoms with van der Waals surface area (Å²) in [5.74, 6) is 0. The number of nitro benzene ring substituents is 1. The van der Waals surface area contributed by atoms with E-state index in [4.69, 9.17) is 5.11 Å². The Morgan fingerprint density at radius 3 is 2.27 bits per heavy atom. The Bertz CT molecular complexity index is 665. The number of carbonyl (C=O) groups is 1. The first-order valence-corrected chi connectivity index (χ1v) is 8.02. The van der Waals surface area contributed by atoms with Crippen molar-refractivity contribution in [3.63, 3.8) is 0 Å². The van der Waals surface area contributed by atoms with Gasteiger partial charge in [0.1, 0.15) is 0 Å².